The zero-order valence-corrected chi connectivity index (χ0v) is 18.0. The Morgan fingerprint density at radius 3 is 2.58 bits per heavy atom. The fourth-order valence-electron chi connectivity index (χ4n) is 4.58. The van der Waals surface area contributed by atoms with Crippen LogP contribution in [0.2, 0.25) is 0 Å². The van der Waals surface area contributed by atoms with Crippen molar-refractivity contribution in [3.8, 4) is 0 Å². The number of aliphatic hydroxyl groups is 4. The highest BCUT2D eigenvalue weighted by Gasteiger charge is 2.57. The van der Waals surface area contributed by atoms with Gasteiger partial charge in [-0.05, 0) is 35.2 Å². The molecule has 0 amide bonds. The summed E-state index contributed by atoms with van der Waals surface area (Å²) in [7, 11) is 0. The third-order valence-corrected chi connectivity index (χ3v) is 8.10. The number of aromatic amines is 1. The zero-order valence-electron chi connectivity index (χ0n) is 17.2. The van der Waals surface area contributed by atoms with Crippen LogP contribution < -0.4 is 0 Å². The van der Waals surface area contributed by atoms with Gasteiger partial charge in [-0.2, -0.15) is 5.10 Å². The normalized spacial score (nSPS) is 30.2. The van der Waals surface area contributed by atoms with E-state index in [0.29, 0.717) is 6.42 Å². The molecule has 1 aromatic heterocycles. The predicted molar refractivity (Wildman–Crippen MR) is 118 cm³/mol. The highest BCUT2D eigenvalue weighted by atomic mass is 32.2. The fourth-order valence-corrected chi connectivity index (χ4v) is 6.12. The number of thioether (sulfide) groups is 1. The molecule has 0 aliphatic carbocycles. The summed E-state index contributed by atoms with van der Waals surface area (Å²) in [5.41, 5.74) is 5.86. The number of hydrogen-bond donors (Lipinski definition) is 5. The standard InChI is InChI=1S/C23H26N2O5S/c1-2-12-3-5-13(6-4-12)7-17-15-9-16-14(8-18(15)25-24-17)11-30-23(16)22(29)21(28)20(27)19(10-26)31-23/h3-6,8-9,19-22,26-29H,2,7,10-11H2,1H3,(H,24,25)/t19-,20-,21+,22-,23?/m1/s1. The van der Waals surface area contributed by atoms with E-state index in [0.717, 1.165) is 34.1 Å². The lowest BCUT2D eigenvalue weighted by molar-refractivity contribution is -0.147. The second-order valence-electron chi connectivity index (χ2n) is 8.30. The topological polar surface area (TPSA) is 119 Å². The fraction of sp³-hybridized carbons (Fsp3) is 0.435. The third kappa shape index (κ3) is 3.29. The van der Waals surface area contributed by atoms with Crippen LogP contribution in [0.3, 0.4) is 0 Å². The lowest BCUT2D eigenvalue weighted by atomic mass is 9.92. The molecule has 1 unspecified atom stereocenters. The van der Waals surface area contributed by atoms with Gasteiger partial charge in [0, 0.05) is 23.1 Å². The molecule has 7 nitrogen and oxygen atoms in total. The molecule has 2 aliphatic rings. The monoisotopic (exact) mass is 442 g/mol. The number of aromatic nitrogens is 2. The molecule has 2 aromatic carbocycles. The maximum absolute atomic E-state index is 10.9. The number of nitrogens with zero attached hydrogens (tertiary/aromatic N) is 1. The molecule has 1 fully saturated rings. The molecule has 5 atom stereocenters. The lowest BCUT2D eigenvalue weighted by Crippen LogP contribution is -2.58. The zero-order chi connectivity index (χ0) is 21.8. The van der Waals surface area contributed by atoms with Crippen molar-refractivity contribution in [3.05, 3.63) is 64.3 Å². The van der Waals surface area contributed by atoms with Crippen LogP contribution in [-0.4, -0.2) is 60.8 Å². The molecule has 0 bridgehead atoms. The Hall–Kier alpha value is -1.94. The molecular formula is C23H26N2O5S. The van der Waals surface area contributed by atoms with Gasteiger partial charge in [0.1, 0.15) is 12.2 Å². The van der Waals surface area contributed by atoms with Gasteiger partial charge in [0.2, 0.25) is 0 Å². The predicted octanol–water partition coefficient (Wildman–Crippen LogP) is 1.59. The average molecular weight is 443 g/mol. The number of fused-ring (bicyclic) bond motifs is 3. The molecule has 2 aliphatic heterocycles. The second kappa shape index (κ2) is 7.88. The van der Waals surface area contributed by atoms with Crippen LogP contribution in [0, 0.1) is 0 Å². The Balaban J connectivity index is 1.55. The van der Waals surface area contributed by atoms with Crippen molar-refractivity contribution in [2.24, 2.45) is 0 Å². The Morgan fingerprint density at radius 2 is 1.87 bits per heavy atom. The summed E-state index contributed by atoms with van der Waals surface area (Å²) in [5, 5.41) is 49.1. The first-order valence-corrected chi connectivity index (χ1v) is 11.4. The van der Waals surface area contributed by atoms with Gasteiger partial charge < -0.3 is 25.2 Å². The van der Waals surface area contributed by atoms with Gasteiger partial charge in [-0.25, -0.2) is 0 Å². The van der Waals surface area contributed by atoms with E-state index in [1.807, 2.05) is 12.1 Å². The first-order chi connectivity index (χ1) is 15.0. The maximum atomic E-state index is 10.9. The van der Waals surface area contributed by atoms with E-state index in [2.05, 4.69) is 41.4 Å². The van der Waals surface area contributed by atoms with Crippen LogP contribution in [0.5, 0.6) is 0 Å². The van der Waals surface area contributed by atoms with E-state index < -0.39 is 28.5 Å². The first kappa shape index (κ1) is 20.9. The summed E-state index contributed by atoms with van der Waals surface area (Å²) in [6.45, 7) is 2.06. The van der Waals surface area contributed by atoms with Crippen LogP contribution >= 0.6 is 11.8 Å². The Labute approximate surface area is 184 Å². The highest BCUT2D eigenvalue weighted by molar-refractivity contribution is 8.00. The summed E-state index contributed by atoms with van der Waals surface area (Å²) in [6.07, 6.45) is -2.30. The lowest BCUT2D eigenvalue weighted by Gasteiger charge is -2.45. The van der Waals surface area contributed by atoms with Crippen molar-refractivity contribution in [3.63, 3.8) is 0 Å². The summed E-state index contributed by atoms with van der Waals surface area (Å²) in [4.78, 5) is -1.24. The highest BCUT2D eigenvalue weighted by Crippen LogP contribution is 2.54. The number of nitrogens with one attached hydrogen (secondary N) is 1. The van der Waals surface area contributed by atoms with Gasteiger partial charge in [-0.15, -0.1) is 11.8 Å². The Morgan fingerprint density at radius 1 is 1.13 bits per heavy atom. The number of aliphatic hydroxyl groups excluding tert-OH is 4. The molecule has 31 heavy (non-hydrogen) atoms. The minimum Gasteiger partial charge on any atom is -0.395 e. The molecule has 5 N–H and O–H groups in total. The van der Waals surface area contributed by atoms with Gasteiger partial charge in [0.15, 0.2) is 4.93 Å². The van der Waals surface area contributed by atoms with Crippen molar-refractivity contribution >= 4 is 22.7 Å². The van der Waals surface area contributed by atoms with Crippen molar-refractivity contribution in [2.45, 2.75) is 54.9 Å². The average Bonchev–Trinajstić information content (AvgIpc) is 3.35. The molecule has 8 heteroatoms. The number of hydrogen-bond acceptors (Lipinski definition) is 7. The number of benzene rings is 2. The maximum Gasteiger partial charge on any atom is 0.168 e. The smallest absolute Gasteiger partial charge is 0.168 e. The molecule has 0 saturated carbocycles. The molecule has 0 radical (unpaired) electrons. The number of aryl methyl sites for hydroxylation is 1. The van der Waals surface area contributed by atoms with Crippen LogP contribution in [0.4, 0.5) is 0 Å². The van der Waals surface area contributed by atoms with Gasteiger partial charge >= 0.3 is 0 Å². The SMILES string of the molecule is CCc1ccc(Cc2[nH]nc3cc4c(cc23)C2(OC4)S[C@H](CO)[C@@H](O)[C@H](O)[C@H]2O)cc1. The van der Waals surface area contributed by atoms with E-state index in [1.54, 1.807) is 0 Å². The molecule has 3 heterocycles. The minimum atomic E-state index is -1.42. The molecule has 3 aromatic rings. The second-order valence-corrected chi connectivity index (χ2v) is 9.74. The van der Waals surface area contributed by atoms with Gasteiger partial charge in [0.25, 0.3) is 0 Å². The van der Waals surface area contributed by atoms with Gasteiger partial charge in [0.05, 0.1) is 30.1 Å². The van der Waals surface area contributed by atoms with Crippen molar-refractivity contribution in [1.29, 1.82) is 0 Å². The van der Waals surface area contributed by atoms with Gasteiger partial charge in [-0.3, -0.25) is 5.10 Å². The minimum absolute atomic E-state index is 0.261. The molecule has 5 rings (SSSR count). The van der Waals surface area contributed by atoms with Crippen molar-refractivity contribution in [1.82, 2.24) is 10.2 Å². The molecule has 1 saturated heterocycles. The Kier molecular flexibility index (Phi) is 5.32. The van der Waals surface area contributed by atoms with E-state index in [1.165, 1.54) is 22.9 Å². The van der Waals surface area contributed by atoms with Gasteiger partial charge in [-0.1, -0.05) is 31.2 Å². The summed E-state index contributed by atoms with van der Waals surface area (Å²) in [6, 6.07) is 12.4. The summed E-state index contributed by atoms with van der Waals surface area (Å²) < 4.78 is 6.03. The van der Waals surface area contributed by atoms with Crippen LogP contribution in [0.1, 0.15) is 34.9 Å². The molecular weight excluding hydrogens is 416 g/mol. The van der Waals surface area contributed by atoms with E-state index in [4.69, 9.17) is 4.74 Å². The largest absolute Gasteiger partial charge is 0.395 e. The van der Waals surface area contributed by atoms with E-state index in [-0.39, 0.29) is 13.2 Å². The van der Waals surface area contributed by atoms with E-state index >= 15 is 0 Å². The van der Waals surface area contributed by atoms with E-state index in [9.17, 15) is 20.4 Å². The Bertz CT molecular complexity index is 1100. The van der Waals surface area contributed by atoms with Crippen molar-refractivity contribution in [2.75, 3.05) is 6.61 Å². The summed E-state index contributed by atoms with van der Waals surface area (Å²) in [5.74, 6) is 0. The van der Waals surface area contributed by atoms with Crippen LogP contribution in [0.25, 0.3) is 10.9 Å². The quantitative estimate of drug-likeness (QED) is 0.416. The van der Waals surface area contributed by atoms with Crippen LogP contribution in [0.15, 0.2) is 36.4 Å². The number of ether oxygens (including phenoxy) is 1. The first-order valence-electron chi connectivity index (χ1n) is 10.5. The van der Waals surface area contributed by atoms with Crippen molar-refractivity contribution < 1.29 is 25.2 Å². The number of rotatable bonds is 4. The molecule has 1 spiro atoms. The van der Waals surface area contributed by atoms with Crippen LogP contribution in [-0.2, 0) is 29.1 Å². The molecule has 164 valence electrons. The number of H-pyrrole nitrogens is 1. The summed E-state index contributed by atoms with van der Waals surface area (Å²) >= 11 is 1.17. The third-order valence-electron chi connectivity index (χ3n) is 6.44.